The maximum absolute atomic E-state index is 14.9. The number of fused-ring (bicyclic) bond motifs is 1. The van der Waals surface area contributed by atoms with Crippen molar-refractivity contribution in [2.24, 2.45) is 9.98 Å². The minimum absolute atomic E-state index is 0.0470. The molecule has 1 aromatic carbocycles. The molecule has 1 aliphatic rings. The fraction of sp³-hybridized carbons (Fsp3) is 0.393. The molecule has 204 valence electrons. The molecular formula is C28H39FN8O. The lowest BCUT2D eigenvalue weighted by Gasteiger charge is -2.35. The predicted molar refractivity (Wildman–Crippen MR) is 155 cm³/mol. The van der Waals surface area contributed by atoms with Crippen LogP contribution in [0.2, 0.25) is 0 Å². The first kappa shape index (κ1) is 28.6. The first-order valence-corrected chi connectivity index (χ1v) is 13.0. The van der Waals surface area contributed by atoms with Gasteiger partial charge in [-0.25, -0.2) is 14.4 Å². The summed E-state index contributed by atoms with van der Waals surface area (Å²) in [5.41, 5.74) is 2.61. The Hall–Kier alpha value is -3.92. The molecule has 3 heterocycles. The van der Waals surface area contributed by atoms with Gasteiger partial charge in [0.25, 0.3) is 0 Å². The number of piperazine rings is 1. The Morgan fingerprint density at radius 2 is 2.16 bits per heavy atom. The van der Waals surface area contributed by atoms with E-state index in [2.05, 4.69) is 54.3 Å². The maximum Gasteiger partial charge on any atom is 0.181 e. The average Bonchev–Trinajstić information content (AvgIpc) is 3.55. The highest BCUT2D eigenvalue weighted by atomic mass is 19.1. The second-order valence-corrected chi connectivity index (χ2v) is 8.69. The van der Waals surface area contributed by atoms with Gasteiger partial charge in [0.2, 0.25) is 0 Å². The Morgan fingerprint density at radius 3 is 2.89 bits per heavy atom. The van der Waals surface area contributed by atoms with Crippen LogP contribution in [-0.2, 0) is 6.42 Å². The highest BCUT2D eigenvalue weighted by Crippen LogP contribution is 2.27. The number of anilines is 1. The number of aryl methyl sites for hydroxylation is 1. The van der Waals surface area contributed by atoms with Crippen LogP contribution in [0.1, 0.15) is 39.1 Å². The number of allylic oxidation sites excluding steroid dienone is 2. The van der Waals surface area contributed by atoms with E-state index < -0.39 is 5.82 Å². The van der Waals surface area contributed by atoms with Crippen molar-refractivity contribution in [3.05, 3.63) is 65.5 Å². The molecule has 1 aliphatic heterocycles. The van der Waals surface area contributed by atoms with Gasteiger partial charge < -0.3 is 25.3 Å². The number of halogens is 1. The van der Waals surface area contributed by atoms with E-state index in [1.165, 1.54) is 0 Å². The summed E-state index contributed by atoms with van der Waals surface area (Å²) in [7, 11) is 0. The smallest absolute Gasteiger partial charge is 0.181 e. The van der Waals surface area contributed by atoms with E-state index in [1.807, 2.05) is 58.1 Å². The van der Waals surface area contributed by atoms with Gasteiger partial charge >= 0.3 is 0 Å². The number of rotatable bonds is 9. The van der Waals surface area contributed by atoms with E-state index in [0.29, 0.717) is 22.9 Å². The van der Waals surface area contributed by atoms with Crippen molar-refractivity contribution in [2.75, 3.05) is 31.7 Å². The number of H-pyrrole nitrogens is 2. The van der Waals surface area contributed by atoms with Gasteiger partial charge in [-0.05, 0) is 45.7 Å². The number of amidine groups is 1. The quantitative estimate of drug-likeness (QED) is 0.176. The molecular weight excluding hydrogens is 483 g/mol. The molecule has 1 saturated heterocycles. The molecule has 1 unspecified atom stereocenters. The van der Waals surface area contributed by atoms with Crippen LogP contribution < -0.4 is 15.4 Å². The number of aromatic amines is 2. The van der Waals surface area contributed by atoms with Crippen LogP contribution in [0.4, 0.5) is 10.2 Å². The topological polar surface area (TPSA) is 106 Å². The Bertz CT molecular complexity index is 1290. The summed E-state index contributed by atoms with van der Waals surface area (Å²) in [6.45, 7) is 16.1. The van der Waals surface area contributed by atoms with Gasteiger partial charge in [-0.2, -0.15) is 5.10 Å². The summed E-state index contributed by atoms with van der Waals surface area (Å²) in [5.74, 6) is 1.56. The second kappa shape index (κ2) is 14.1. The lowest BCUT2D eigenvalue weighted by atomic mass is 10.2. The molecule has 0 spiro atoms. The number of aromatic nitrogens is 3. The number of hydrogen-bond acceptors (Lipinski definition) is 6. The van der Waals surface area contributed by atoms with Crippen LogP contribution in [0.5, 0.6) is 5.75 Å². The van der Waals surface area contributed by atoms with Gasteiger partial charge in [0.1, 0.15) is 11.7 Å². The lowest BCUT2D eigenvalue weighted by Crippen LogP contribution is -2.52. The van der Waals surface area contributed by atoms with E-state index in [9.17, 15) is 4.39 Å². The molecule has 10 heteroatoms. The molecule has 0 bridgehead atoms. The lowest BCUT2D eigenvalue weighted by molar-refractivity contribution is 0.268. The maximum atomic E-state index is 14.9. The summed E-state index contributed by atoms with van der Waals surface area (Å²) in [4.78, 5) is 14.1. The van der Waals surface area contributed by atoms with Gasteiger partial charge in [0.05, 0.1) is 0 Å². The minimum atomic E-state index is -0.401. The molecule has 1 fully saturated rings. The van der Waals surface area contributed by atoms with E-state index in [0.717, 1.165) is 43.0 Å². The average molecular weight is 523 g/mol. The summed E-state index contributed by atoms with van der Waals surface area (Å²) in [6.07, 6.45) is 6.62. The Labute approximate surface area is 224 Å². The van der Waals surface area contributed by atoms with Crippen molar-refractivity contribution in [2.45, 2.75) is 47.1 Å². The normalized spacial score (nSPS) is 16.5. The van der Waals surface area contributed by atoms with Crippen LogP contribution in [0.3, 0.4) is 0 Å². The molecule has 3 aromatic rings. The molecule has 1 atom stereocenters. The van der Waals surface area contributed by atoms with Crippen molar-refractivity contribution in [3.8, 4) is 5.75 Å². The van der Waals surface area contributed by atoms with E-state index in [-0.39, 0.29) is 18.5 Å². The zero-order chi connectivity index (χ0) is 27.5. The number of benzene rings is 1. The summed E-state index contributed by atoms with van der Waals surface area (Å²) >= 11 is 0. The third-order valence-corrected chi connectivity index (χ3v) is 5.98. The SMILES string of the molecule is C=N/C(=C\C(=N/COc1ccc2[nH]c(C)cc2c1F)N1CCNCC1C)Nc1cc(C/C=C/C)[nH]n1.CC. The van der Waals surface area contributed by atoms with Crippen molar-refractivity contribution in [3.63, 3.8) is 0 Å². The third kappa shape index (κ3) is 7.32. The van der Waals surface area contributed by atoms with Crippen LogP contribution in [0, 0.1) is 12.7 Å². The molecule has 38 heavy (non-hydrogen) atoms. The molecule has 9 nitrogen and oxygen atoms in total. The number of nitrogens with zero attached hydrogens (tertiary/aromatic N) is 4. The number of nitrogens with one attached hydrogen (secondary N) is 4. The number of hydrogen-bond donors (Lipinski definition) is 4. The predicted octanol–water partition coefficient (Wildman–Crippen LogP) is 5.17. The third-order valence-electron chi connectivity index (χ3n) is 5.98. The molecule has 0 amide bonds. The van der Waals surface area contributed by atoms with Crippen LogP contribution in [-0.4, -0.2) is 65.0 Å². The number of ether oxygens (including phenoxy) is 1. The van der Waals surface area contributed by atoms with Crippen LogP contribution in [0.15, 0.2) is 58.3 Å². The molecule has 0 saturated carbocycles. The van der Waals surface area contributed by atoms with Crippen LogP contribution >= 0.6 is 0 Å². The highest BCUT2D eigenvalue weighted by Gasteiger charge is 2.21. The Balaban J connectivity index is 0.00000195. The Morgan fingerprint density at radius 1 is 1.34 bits per heavy atom. The minimum Gasteiger partial charge on any atom is -0.468 e. The first-order valence-electron chi connectivity index (χ1n) is 13.0. The van der Waals surface area contributed by atoms with E-state index in [1.54, 1.807) is 12.1 Å². The molecule has 4 N–H and O–H groups in total. The summed E-state index contributed by atoms with van der Waals surface area (Å²) in [5, 5.41) is 14.4. The molecule has 0 radical (unpaired) electrons. The molecule has 2 aromatic heterocycles. The molecule has 4 rings (SSSR count). The zero-order valence-corrected chi connectivity index (χ0v) is 22.9. The standard InChI is InChI=1S/C26H33FN8O.C2H6/c1-5-6-7-19-13-24(34-33-19)32-23(28-4)14-25(35-11-10-29-15-18(35)3)30-16-36-22-9-8-21-20(26(22)27)12-17(2)31-21;1-2/h5-6,8-9,12-14,18,29,31H,4,7,10-11,15-16H2,1-3H3,(H2,32,33,34);1-2H3/b6-5+,23-14+,30-25+;. The fourth-order valence-corrected chi connectivity index (χ4v) is 4.12. The van der Waals surface area contributed by atoms with Crippen molar-refractivity contribution in [1.29, 1.82) is 0 Å². The van der Waals surface area contributed by atoms with Crippen molar-refractivity contribution >= 4 is 29.3 Å². The van der Waals surface area contributed by atoms with Gasteiger partial charge in [-0.1, -0.05) is 26.0 Å². The summed E-state index contributed by atoms with van der Waals surface area (Å²) < 4.78 is 20.7. The van der Waals surface area contributed by atoms with Crippen molar-refractivity contribution < 1.29 is 9.13 Å². The van der Waals surface area contributed by atoms with Crippen LogP contribution in [0.25, 0.3) is 10.9 Å². The van der Waals surface area contributed by atoms with Gasteiger partial charge in [0, 0.05) is 66.5 Å². The second-order valence-electron chi connectivity index (χ2n) is 8.69. The number of aliphatic imine (C=N–C) groups is 2. The monoisotopic (exact) mass is 522 g/mol. The van der Waals surface area contributed by atoms with E-state index >= 15 is 0 Å². The van der Waals surface area contributed by atoms with Crippen molar-refractivity contribution in [1.82, 2.24) is 25.4 Å². The zero-order valence-electron chi connectivity index (χ0n) is 22.9. The Kier molecular flexibility index (Phi) is 10.7. The first-order chi connectivity index (χ1) is 18.5. The molecule has 0 aliphatic carbocycles. The largest absolute Gasteiger partial charge is 0.468 e. The van der Waals surface area contributed by atoms with Gasteiger partial charge in [-0.3, -0.25) is 5.10 Å². The summed E-state index contributed by atoms with van der Waals surface area (Å²) in [6, 6.07) is 7.32. The van der Waals surface area contributed by atoms with Gasteiger partial charge in [0.15, 0.2) is 24.1 Å². The highest BCUT2D eigenvalue weighted by molar-refractivity contribution is 5.94. The van der Waals surface area contributed by atoms with Gasteiger partial charge in [-0.15, -0.1) is 0 Å². The van der Waals surface area contributed by atoms with E-state index in [4.69, 9.17) is 4.74 Å². The fourth-order valence-electron chi connectivity index (χ4n) is 4.12.